The number of aryl methyl sites for hydroxylation is 1. The zero-order valence-corrected chi connectivity index (χ0v) is 10.3. The third kappa shape index (κ3) is 1.75. The first kappa shape index (κ1) is 12.3. The van der Waals surface area contributed by atoms with Crippen LogP contribution in [0.1, 0.15) is 10.5 Å². The first-order valence-electron chi connectivity index (χ1n) is 5.70. The Bertz CT molecular complexity index is 836. The molecule has 0 spiro atoms. The average Bonchev–Trinajstić information content (AvgIpc) is 2.92. The van der Waals surface area contributed by atoms with Gasteiger partial charge in [-0.3, -0.25) is 4.40 Å². The number of imidazole rings is 2. The van der Waals surface area contributed by atoms with E-state index >= 15 is 0 Å². The Balaban J connectivity index is 2.19. The molecule has 0 saturated heterocycles. The molecule has 0 aliphatic rings. The van der Waals surface area contributed by atoms with Crippen molar-refractivity contribution in [2.75, 3.05) is 0 Å². The molecule has 5 nitrogen and oxygen atoms in total. The van der Waals surface area contributed by atoms with Gasteiger partial charge in [0.2, 0.25) is 5.78 Å². The fraction of sp³-hybridized carbons (Fsp3) is 0.0769. The molecule has 1 aromatic carbocycles. The normalized spacial score (nSPS) is 11.2. The molecule has 7 heteroatoms. The summed E-state index contributed by atoms with van der Waals surface area (Å²) in [5.41, 5.74) is 0.328. The van der Waals surface area contributed by atoms with Crippen molar-refractivity contribution in [2.45, 2.75) is 0 Å². The van der Waals surface area contributed by atoms with Crippen LogP contribution in [0.3, 0.4) is 0 Å². The minimum Gasteiger partial charge on any atom is -0.477 e. The van der Waals surface area contributed by atoms with Gasteiger partial charge in [-0.15, -0.1) is 0 Å². The molecule has 3 rings (SSSR count). The lowest BCUT2D eigenvalue weighted by Gasteiger charge is -1.99. The van der Waals surface area contributed by atoms with Gasteiger partial charge in [0.05, 0.1) is 5.69 Å². The number of hydrogen-bond acceptors (Lipinski definition) is 2. The molecule has 2 heterocycles. The van der Waals surface area contributed by atoms with Crippen molar-refractivity contribution in [2.24, 2.45) is 7.05 Å². The Morgan fingerprint density at radius 1 is 1.30 bits per heavy atom. The highest BCUT2D eigenvalue weighted by atomic mass is 19.1. The van der Waals surface area contributed by atoms with Crippen LogP contribution in [0.25, 0.3) is 17.0 Å². The van der Waals surface area contributed by atoms with Gasteiger partial charge in [0.1, 0.15) is 17.3 Å². The van der Waals surface area contributed by atoms with Crippen molar-refractivity contribution < 1.29 is 18.7 Å². The van der Waals surface area contributed by atoms with Crippen LogP contribution in [0, 0.1) is 11.6 Å². The largest absolute Gasteiger partial charge is 0.477 e. The summed E-state index contributed by atoms with van der Waals surface area (Å²) in [5, 5.41) is 8.98. The van der Waals surface area contributed by atoms with E-state index in [1.54, 1.807) is 0 Å². The summed E-state index contributed by atoms with van der Waals surface area (Å²) in [4.78, 5) is 15.1. The molecule has 0 fully saturated rings. The lowest BCUT2D eigenvalue weighted by molar-refractivity contribution is 0.0686. The van der Waals surface area contributed by atoms with Crippen LogP contribution in [0.5, 0.6) is 0 Å². The fourth-order valence-electron chi connectivity index (χ4n) is 2.08. The molecule has 0 amide bonds. The molecular weight excluding hydrogens is 268 g/mol. The van der Waals surface area contributed by atoms with E-state index in [1.165, 1.54) is 28.4 Å². The van der Waals surface area contributed by atoms with Gasteiger partial charge in [0.15, 0.2) is 0 Å². The van der Waals surface area contributed by atoms with Crippen LogP contribution >= 0.6 is 0 Å². The van der Waals surface area contributed by atoms with Crippen LogP contribution in [-0.2, 0) is 7.05 Å². The molecule has 0 radical (unpaired) electrons. The number of benzene rings is 1. The zero-order chi connectivity index (χ0) is 14.4. The van der Waals surface area contributed by atoms with Crippen LogP contribution in [-0.4, -0.2) is 25.0 Å². The Morgan fingerprint density at radius 2 is 2.05 bits per heavy atom. The highest BCUT2D eigenvalue weighted by molar-refractivity contribution is 5.86. The van der Waals surface area contributed by atoms with Crippen molar-refractivity contribution in [3.8, 4) is 11.3 Å². The summed E-state index contributed by atoms with van der Waals surface area (Å²) in [5.74, 6) is -1.91. The van der Waals surface area contributed by atoms with Crippen LogP contribution in [0.2, 0.25) is 0 Å². The number of nitrogens with zero attached hydrogens (tertiary/aromatic N) is 3. The van der Waals surface area contributed by atoms with Gasteiger partial charge < -0.3 is 9.67 Å². The maximum atomic E-state index is 13.7. The minimum atomic E-state index is -1.09. The lowest BCUT2D eigenvalue weighted by atomic mass is 10.1. The van der Waals surface area contributed by atoms with Gasteiger partial charge in [-0.05, 0) is 18.2 Å². The SMILES string of the molecule is Cn1c(C(=O)O)cn2cc(-c3cc(F)ccc3F)nc12. The molecule has 0 bridgehead atoms. The molecule has 3 aromatic rings. The molecular formula is C13H9F2N3O2. The average molecular weight is 277 g/mol. The van der Waals surface area contributed by atoms with Gasteiger partial charge in [-0.1, -0.05) is 0 Å². The van der Waals surface area contributed by atoms with Crippen LogP contribution < -0.4 is 0 Å². The van der Waals surface area contributed by atoms with Gasteiger partial charge in [-0.2, -0.15) is 0 Å². The van der Waals surface area contributed by atoms with E-state index in [4.69, 9.17) is 5.11 Å². The lowest BCUT2D eigenvalue weighted by Crippen LogP contribution is -2.04. The number of fused-ring (bicyclic) bond motifs is 1. The van der Waals surface area contributed by atoms with Crippen LogP contribution in [0.15, 0.2) is 30.6 Å². The number of aromatic carboxylic acids is 1. The third-order valence-corrected chi connectivity index (χ3v) is 3.06. The Morgan fingerprint density at radius 3 is 2.70 bits per heavy atom. The summed E-state index contributed by atoms with van der Waals surface area (Å²) in [6, 6.07) is 3.10. The van der Waals surface area contributed by atoms with Crippen molar-refractivity contribution in [1.82, 2.24) is 14.0 Å². The summed E-state index contributed by atoms with van der Waals surface area (Å²) in [7, 11) is 1.54. The summed E-state index contributed by atoms with van der Waals surface area (Å²) in [6.45, 7) is 0. The molecule has 0 atom stereocenters. The van der Waals surface area contributed by atoms with E-state index in [-0.39, 0.29) is 17.0 Å². The van der Waals surface area contributed by atoms with E-state index in [0.29, 0.717) is 5.78 Å². The molecule has 0 unspecified atom stereocenters. The second-order valence-corrected chi connectivity index (χ2v) is 4.34. The molecule has 20 heavy (non-hydrogen) atoms. The second kappa shape index (κ2) is 4.16. The molecule has 0 aliphatic heterocycles. The maximum Gasteiger partial charge on any atom is 0.354 e. The van der Waals surface area contributed by atoms with E-state index in [9.17, 15) is 13.6 Å². The van der Waals surface area contributed by atoms with E-state index in [0.717, 1.165) is 18.2 Å². The number of aromatic nitrogens is 3. The highest BCUT2D eigenvalue weighted by Gasteiger charge is 2.17. The maximum absolute atomic E-state index is 13.7. The molecule has 2 aromatic heterocycles. The standard InChI is InChI=1S/C13H9F2N3O2/c1-17-11(12(19)20)6-18-5-10(16-13(17)18)8-4-7(14)2-3-9(8)15/h2-6H,1H3,(H,19,20). The number of carbonyl (C=O) groups is 1. The van der Waals surface area contributed by atoms with Crippen molar-refractivity contribution >= 4 is 11.7 Å². The Labute approximate surface area is 111 Å². The van der Waals surface area contributed by atoms with E-state index in [1.807, 2.05) is 0 Å². The quantitative estimate of drug-likeness (QED) is 0.782. The van der Waals surface area contributed by atoms with Gasteiger partial charge in [0, 0.05) is 25.0 Å². The van der Waals surface area contributed by atoms with Crippen molar-refractivity contribution in [1.29, 1.82) is 0 Å². The first-order chi connectivity index (χ1) is 9.47. The van der Waals surface area contributed by atoms with Crippen molar-refractivity contribution in [3.05, 3.63) is 47.9 Å². The monoisotopic (exact) mass is 277 g/mol. The minimum absolute atomic E-state index is 0.0329. The van der Waals surface area contributed by atoms with Gasteiger partial charge >= 0.3 is 5.97 Å². The predicted molar refractivity (Wildman–Crippen MR) is 66.5 cm³/mol. The summed E-state index contributed by atoms with van der Waals surface area (Å²) < 4.78 is 29.7. The van der Waals surface area contributed by atoms with E-state index < -0.39 is 17.6 Å². The Kier molecular flexibility index (Phi) is 2.56. The van der Waals surface area contributed by atoms with Gasteiger partial charge in [0.25, 0.3) is 0 Å². The molecule has 0 aliphatic carbocycles. The number of hydrogen-bond donors (Lipinski definition) is 1. The van der Waals surface area contributed by atoms with E-state index in [2.05, 4.69) is 4.98 Å². The summed E-state index contributed by atoms with van der Waals surface area (Å²) >= 11 is 0. The fourth-order valence-corrected chi connectivity index (χ4v) is 2.08. The topological polar surface area (TPSA) is 59.5 Å². The molecule has 0 saturated carbocycles. The number of carboxylic acid groups (broad SMARTS) is 1. The number of carboxylic acids is 1. The van der Waals surface area contributed by atoms with Gasteiger partial charge in [-0.25, -0.2) is 18.6 Å². The predicted octanol–water partition coefficient (Wildman–Crippen LogP) is 2.32. The molecule has 1 N–H and O–H groups in total. The third-order valence-electron chi connectivity index (χ3n) is 3.06. The summed E-state index contributed by atoms with van der Waals surface area (Å²) in [6.07, 6.45) is 2.82. The van der Waals surface area contributed by atoms with Crippen LogP contribution in [0.4, 0.5) is 8.78 Å². The van der Waals surface area contributed by atoms with Crippen molar-refractivity contribution in [3.63, 3.8) is 0 Å². The Hall–Kier alpha value is -2.70. The second-order valence-electron chi connectivity index (χ2n) is 4.34. The first-order valence-corrected chi connectivity index (χ1v) is 5.70. The highest BCUT2D eigenvalue weighted by Crippen LogP contribution is 2.24. The number of rotatable bonds is 2. The molecule has 102 valence electrons. The zero-order valence-electron chi connectivity index (χ0n) is 10.3. The number of halogens is 2. The smallest absolute Gasteiger partial charge is 0.354 e.